The predicted molar refractivity (Wildman–Crippen MR) is 62.8 cm³/mol. The van der Waals surface area contributed by atoms with Gasteiger partial charge in [0.15, 0.2) is 0 Å². The standard InChI is InChI=1S/C13H12F2O4/c1-3-10(16)19-12(14)13(15,18-2)11(17)9-7-5-4-6-8-9/h3-8,12H,1H2,2H3. The molecular formula is C13H12F2O4. The topological polar surface area (TPSA) is 52.6 Å². The van der Waals surface area contributed by atoms with Gasteiger partial charge in [0.05, 0.1) is 0 Å². The van der Waals surface area contributed by atoms with Gasteiger partial charge in [-0.3, -0.25) is 4.79 Å². The second-order valence-electron chi connectivity index (χ2n) is 3.50. The number of benzene rings is 1. The zero-order chi connectivity index (χ0) is 14.5. The van der Waals surface area contributed by atoms with E-state index in [9.17, 15) is 18.4 Å². The monoisotopic (exact) mass is 270 g/mol. The number of hydrogen-bond donors (Lipinski definition) is 0. The molecule has 1 aromatic rings. The van der Waals surface area contributed by atoms with E-state index in [-0.39, 0.29) is 5.56 Å². The zero-order valence-electron chi connectivity index (χ0n) is 10.1. The Bertz CT molecular complexity index is 475. The number of rotatable bonds is 6. The Labute approximate surface area is 108 Å². The minimum Gasteiger partial charge on any atom is -0.421 e. The summed E-state index contributed by atoms with van der Waals surface area (Å²) in [4.78, 5) is 22.7. The molecule has 0 spiro atoms. The summed E-state index contributed by atoms with van der Waals surface area (Å²) in [6, 6.07) is 7.14. The lowest BCUT2D eigenvalue weighted by Crippen LogP contribution is -2.47. The third-order valence-electron chi connectivity index (χ3n) is 2.32. The number of Topliss-reactive ketones (excluding diaryl/α,β-unsaturated/α-hetero) is 1. The van der Waals surface area contributed by atoms with E-state index in [1.165, 1.54) is 24.3 Å². The summed E-state index contributed by atoms with van der Waals surface area (Å²) >= 11 is 0. The average Bonchev–Trinajstić information content (AvgIpc) is 2.46. The highest BCUT2D eigenvalue weighted by Gasteiger charge is 2.50. The fourth-order valence-electron chi connectivity index (χ4n) is 1.30. The van der Waals surface area contributed by atoms with E-state index < -0.39 is 24.0 Å². The zero-order valence-corrected chi connectivity index (χ0v) is 10.1. The van der Waals surface area contributed by atoms with Gasteiger partial charge in [-0.05, 0) is 0 Å². The molecule has 0 saturated heterocycles. The molecule has 102 valence electrons. The first-order valence-electron chi connectivity index (χ1n) is 5.26. The van der Waals surface area contributed by atoms with Gasteiger partial charge in [-0.2, -0.15) is 8.78 Å². The third kappa shape index (κ3) is 3.23. The normalized spacial score (nSPS) is 15.1. The Hall–Kier alpha value is -2.08. The van der Waals surface area contributed by atoms with Crippen LogP contribution in [0, 0.1) is 0 Å². The van der Waals surface area contributed by atoms with Crippen molar-refractivity contribution in [1.29, 1.82) is 0 Å². The summed E-state index contributed by atoms with van der Waals surface area (Å²) in [5, 5.41) is 0. The van der Waals surface area contributed by atoms with Gasteiger partial charge < -0.3 is 9.47 Å². The van der Waals surface area contributed by atoms with E-state index in [0.29, 0.717) is 6.08 Å². The van der Waals surface area contributed by atoms with Crippen molar-refractivity contribution in [3.05, 3.63) is 48.6 Å². The summed E-state index contributed by atoms with van der Waals surface area (Å²) < 4.78 is 36.2. The quantitative estimate of drug-likeness (QED) is 0.452. The van der Waals surface area contributed by atoms with Crippen LogP contribution in [0.15, 0.2) is 43.0 Å². The van der Waals surface area contributed by atoms with E-state index in [2.05, 4.69) is 16.1 Å². The first-order valence-corrected chi connectivity index (χ1v) is 5.26. The molecule has 0 aliphatic rings. The van der Waals surface area contributed by atoms with Crippen molar-refractivity contribution in [2.75, 3.05) is 7.11 Å². The maximum Gasteiger partial charge on any atom is 0.340 e. The number of hydrogen-bond acceptors (Lipinski definition) is 4. The number of ether oxygens (including phenoxy) is 2. The van der Waals surface area contributed by atoms with Crippen LogP contribution in [0.2, 0.25) is 0 Å². The molecule has 19 heavy (non-hydrogen) atoms. The highest BCUT2D eigenvalue weighted by atomic mass is 19.2. The molecule has 0 fully saturated rings. The molecule has 0 radical (unpaired) electrons. The molecule has 0 saturated carbocycles. The lowest BCUT2D eigenvalue weighted by molar-refractivity contribution is -0.217. The molecule has 0 heterocycles. The van der Waals surface area contributed by atoms with Crippen LogP contribution in [-0.2, 0) is 14.3 Å². The highest BCUT2D eigenvalue weighted by Crippen LogP contribution is 2.26. The fourth-order valence-corrected chi connectivity index (χ4v) is 1.30. The van der Waals surface area contributed by atoms with E-state index in [0.717, 1.165) is 7.11 Å². The number of halogens is 2. The summed E-state index contributed by atoms with van der Waals surface area (Å²) in [6.45, 7) is 3.04. The van der Waals surface area contributed by atoms with Crippen molar-refractivity contribution < 1.29 is 27.8 Å². The minimum atomic E-state index is -3.40. The Morgan fingerprint density at radius 2 is 1.95 bits per heavy atom. The SMILES string of the molecule is C=CC(=O)OC(F)C(F)(OC)C(=O)c1ccccc1. The molecule has 0 N–H and O–H groups in total. The van der Waals surface area contributed by atoms with Gasteiger partial charge in [0.1, 0.15) is 0 Å². The molecule has 1 rings (SSSR count). The number of methoxy groups -OCH3 is 1. The smallest absolute Gasteiger partial charge is 0.340 e. The van der Waals surface area contributed by atoms with Crippen molar-refractivity contribution in [2.24, 2.45) is 0 Å². The maximum atomic E-state index is 14.2. The maximum absolute atomic E-state index is 14.2. The molecule has 0 bridgehead atoms. The van der Waals surface area contributed by atoms with Crippen LogP contribution in [0.25, 0.3) is 0 Å². The van der Waals surface area contributed by atoms with Crippen LogP contribution in [0.3, 0.4) is 0 Å². The largest absolute Gasteiger partial charge is 0.421 e. The lowest BCUT2D eigenvalue weighted by Gasteiger charge is -2.24. The van der Waals surface area contributed by atoms with Crippen molar-refractivity contribution in [3.63, 3.8) is 0 Å². The number of ketones is 1. The van der Waals surface area contributed by atoms with Crippen LogP contribution in [-0.4, -0.2) is 31.1 Å². The highest BCUT2D eigenvalue weighted by molar-refractivity contribution is 6.01. The molecule has 4 nitrogen and oxygen atoms in total. The molecule has 1 aromatic carbocycles. The van der Waals surface area contributed by atoms with E-state index in [1.54, 1.807) is 6.07 Å². The van der Waals surface area contributed by atoms with Gasteiger partial charge in [0, 0.05) is 18.7 Å². The molecule has 0 aliphatic heterocycles. The second kappa shape index (κ2) is 6.19. The predicted octanol–water partition coefficient (Wildman–Crippen LogP) is 2.21. The molecule has 0 aromatic heterocycles. The van der Waals surface area contributed by atoms with Gasteiger partial charge in [0.25, 0.3) is 0 Å². The Morgan fingerprint density at radius 3 is 2.42 bits per heavy atom. The fraction of sp³-hybridized carbons (Fsp3) is 0.231. The van der Waals surface area contributed by atoms with Gasteiger partial charge in [-0.1, -0.05) is 36.9 Å². The summed E-state index contributed by atoms with van der Waals surface area (Å²) in [5.74, 6) is -5.88. The van der Waals surface area contributed by atoms with Crippen molar-refractivity contribution in [1.82, 2.24) is 0 Å². The Morgan fingerprint density at radius 1 is 1.37 bits per heavy atom. The summed E-state index contributed by atoms with van der Waals surface area (Å²) in [7, 11) is 0.801. The van der Waals surface area contributed by atoms with Gasteiger partial charge in [-0.15, -0.1) is 0 Å². The Balaban J connectivity index is 2.99. The number of esters is 1. The van der Waals surface area contributed by atoms with Gasteiger partial charge >= 0.3 is 18.2 Å². The third-order valence-corrected chi connectivity index (χ3v) is 2.32. The van der Waals surface area contributed by atoms with Crippen LogP contribution in [0.5, 0.6) is 0 Å². The van der Waals surface area contributed by atoms with E-state index in [4.69, 9.17) is 0 Å². The number of carbonyl (C=O) groups is 2. The average molecular weight is 270 g/mol. The second-order valence-corrected chi connectivity index (χ2v) is 3.50. The van der Waals surface area contributed by atoms with E-state index in [1.807, 2.05) is 0 Å². The summed E-state index contributed by atoms with van der Waals surface area (Å²) in [6.07, 6.45) is -2.24. The van der Waals surface area contributed by atoms with E-state index >= 15 is 0 Å². The van der Waals surface area contributed by atoms with Crippen LogP contribution in [0.4, 0.5) is 8.78 Å². The first-order chi connectivity index (χ1) is 8.95. The minimum absolute atomic E-state index is 0.107. The van der Waals surface area contributed by atoms with Crippen LogP contribution in [0.1, 0.15) is 10.4 Å². The van der Waals surface area contributed by atoms with Gasteiger partial charge in [-0.25, -0.2) is 4.79 Å². The van der Waals surface area contributed by atoms with Crippen molar-refractivity contribution >= 4 is 11.8 Å². The molecule has 6 heteroatoms. The molecule has 0 amide bonds. The van der Waals surface area contributed by atoms with Crippen LogP contribution >= 0.6 is 0 Å². The lowest BCUT2D eigenvalue weighted by atomic mass is 10.0. The number of alkyl halides is 2. The molecule has 2 atom stereocenters. The van der Waals surface area contributed by atoms with Crippen molar-refractivity contribution in [3.8, 4) is 0 Å². The Kier molecular flexibility index (Phi) is 4.88. The summed E-state index contributed by atoms with van der Waals surface area (Å²) in [5.41, 5.74) is -0.107. The van der Waals surface area contributed by atoms with Gasteiger partial charge in [0.2, 0.25) is 5.78 Å². The molecule has 2 unspecified atom stereocenters. The molecule has 0 aliphatic carbocycles. The van der Waals surface area contributed by atoms with Crippen LogP contribution < -0.4 is 0 Å². The first kappa shape index (κ1) is 15.0. The van der Waals surface area contributed by atoms with Crippen molar-refractivity contribution in [2.45, 2.75) is 12.2 Å². The number of carbonyl (C=O) groups excluding carboxylic acids is 2. The molecular weight excluding hydrogens is 258 g/mol.